The van der Waals surface area contributed by atoms with Crippen LogP contribution in [0.25, 0.3) is 0 Å². The lowest BCUT2D eigenvalue weighted by atomic mass is 9.95. The van der Waals surface area contributed by atoms with Gasteiger partial charge in [-0.25, -0.2) is 0 Å². The second kappa shape index (κ2) is 5.46. The van der Waals surface area contributed by atoms with Crippen LogP contribution in [0.1, 0.15) is 25.0 Å². The second-order valence-electron chi connectivity index (χ2n) is 5.54. The van der Waals surface area contributed by atoms with E-state index < -0.39 is 0 Å². The molecule has 0 aromatic heterocycles. The van der Waals surface area contributed by atoms with Gasteiger partial charge in [0.25, 0.3) is 0 Å². The van der Waals surface area contributed by atoms with Gasteiger partial charge in [-0.3, -0.25) is 0 Å². The molecule has 0 saturated carbocycles. The Labute approximate surface area is 99.5 Å². The van der Waals surface area contributed by atoms with Crippen LogP contribution in [-0.4, -0.2) is 31.1 Å². The number of likely N-dealkylation sites (N-methyl/N-ethyl adjacent to an activating group) is 1. The van der Waals surface area contributed by atoms with E-state index in [9.17, 15) is 0 Å². The van der Waals surface area contributed by atoms with Crippen molar-refractivity contribution in [1.29, 1.82) is 0 Å². The Balaban J connectivity index is 2.54. The van der Waals surface area contributed by atoms with Crippen LogP contribution in [0.4, 0.5) is 0 Å². The molecule has 0 aliphatic rings. The van der Waals surface area contributed by atoms with E-state index in [0.29, 0.717) is 0 Å². The molecule has 0 aliphatic carbocycles. The van der Waals surface area contributed by atoms with Crippen molar-refractivity contribution in [3.05, 3.63) is 35.4 Å². The van der Waals surface area contributed by atoms with Crippen LogP contribution in [0.2, 0.25) is 0 Å². The van der Waals surface area contributed by atoms with Crippen LogP contribution in [-0.2, 0) is 12.8 Å². The van der Waals surface area contributed by atoms with Gasteiger partial charge >= 0.3 is 0 Å². The minimum atomic E-state index is -0.120. The Morgan fingerprint density at radius 1 is 1.06 bits per heavy atom. The SMILES string of the molecule is CN(C)CCc1ccc(CC(C)(C)N)cc1. The number of rotatable bonds is 5. The summed E-state index contributed by atoms with van der Waals surface area (Å²) in [5.74, 6) is 0. The van der Waals surface area contributed by atoms with E-state index in [1.807, 2.05) is 0 Å². The van der Waals surface area contributed by atoms with E-state index in [-0.39, 0.29) is 5.54 Å². The molecule has 0 saturated heterocycles. The van der Waals surface area contributed by atoms with Crippen LogP contribution < -0.4 is 5.73 Å². The maximum absolute atomic E-state index is 6.00. The van der Waals surface area contributed by atoms with Gasteiger partial charge in [0.1, 0.15) is 0 Å². The van der Waals surface area contributed by atoms with Crippen molar-refractivity contribution in [3.8, 4) is 0 Å². The molecule has 16 heavy (non-hydrogen) atoms. The highest BCUT2D eigenvalue weighted by Gasteiger charge is 2.11. The molecular weight excluding hydrogens is 196 g/mol. The lowest BCUT2D eigenvalue weighted by Crippen LogP contribution is -2.34. The number of benzene rings is 1. The number of hydrogen-bond donors (Lipinski definition) is 1. The second-order valence-corrected chi connectivity index (χ2v) is 5.54. The van der Waals surface area contributed by atoms with Gasteiger partial charge in [-0.1, -0.05) is 24.3 Å². The van der Waals surface area contributed by atoms with Gasteiger partial charge < -0.3 is 10.6 Å². The summed E-state index contributed by atoms with van der Waals surface area (Å²) in [6, 6.07) is 8.81. The molecule has 0 radical (unpaired) electrons. The Morgan fingerprint density at radius 2 is 1.56 bits per heavy atom. The van der Waals surface area contributed by atoms with Crippen LogP contribution in [0.15, 0.2) is 24.3 Å². The summed E-state index contributed by atoms with van der Waals surface area (Å²) in [5, 5.41) is 0. The minimum absolute atomic E-state index is 0.120. The molecule has 2 heteroatoms. The molecule has 0 bridgehead atoms. The van der Waals surface area contributed by atoms with Crippen LogP contribution >= 0.6 is 0 Å². The topological polar surface area (TPSA) is 29.3 Å². The van der Waals surface area contributed by atoms with E-state index in [2.05, 4.69) is 57.1 Å². The van der Waals surface area contributed by atoms with Crippen molar-refractivity contribution in [2.24, 2.45) is 5.73 Å². The van der Waals surface area contributed by atoms with Crippen molar-refractivity contribution < 1.29 is 0 Å². The molecule has 1 rings (SSSR count). The van der Waals surface area contributed by atoms with E-state index in [4.69, 9.17) is 5.73 Å². The van der Waals surface area contributed by atoms with Gasteiger partial charge in [-0.2, -0.15) is 0 Å². The quantitative estimate of drug-likeness (QED) is 0.823. The molecule has 0 aliphatic heterocycles. The molecular formula is C14H24N2. The zero-order valence-corrected chi connectivity index (χ0v) is 11.0. The summed E-state index contributed by atoms with van der Waals surface area (Å²) in [6.45, 7) is 5.22. The van der Waals surface area contributed by atoms with Gasteiger partial charge in [-0.05, 0) is 51.9 Å². The molecule has 0 atom stereocenters. The Hall–Kier alpha value is -0.860. The van der Waals surface area contributed by atoms with Crippen molar-refractivity contribution in [3.63, 3.8) is 0 Å². The maximum atomic E-state index is 6.00. The summed E-state index contributed by atoms with van der Waals surface area (Å²) in [6.07, 6.45) is 2.04. The van der Waals surface area contributed by atoms with E-state index >= 15 is 0 Å². The lowest BCUT2D eigenvalue weighted by molar-refractivity contribution is 0.413. The molecule has 1 aromatic carbocycles. The molecule has 2 nitrogen and oxygen atoms in total. The summed E-state index contributed by atoms with van der Waals surface area (Å²) in [4.78, 5) is 2.21. The first-order chi connectivity index (χ1) is 7.37. The monoisotopic (exact) mass is 220 g/mol. The highest BCUT2D eigenvalue weighted by molar-refractivity contribution is 5.24. The Morgan fingerprint density at radius 3 is 2.00 bits per heavy atom. The van der Waals surface area contributed by atoms with Crippen LogP contribution in [0.5, 0.6) is 0 Å². The molecule has 0 unspecified atom stereocenters. The summed E-state index contributed by atoms with van der Waals surface area (Å²) < 4.78 is 0. The molecule has 0 amide bonds. The van der Waals surface area contributed by atoms with Gasteiger partial charge in [-0.15, -0.1) is 0 Å². The fourth-order valence-corrected chi connectivity index (χ4v) is 1.70. The van der Waals surface area contributed by atoms with Gasteiger partial charge in [0.05, 0.1) is 0 Å². The number of hydrogen-bond acceptors (Lipinski definition) is 2. The number of nitrogens with two attached hydrogens (primary N) is 1. The summed E-state index contributed by atoms with van der Waals surface area (Å²) in [5.41, 5.74) is 8.59. The van der Waals surface area contributed by atoms with Crippen molar-refractivity contribution in [1.82, 2.24) is 4.90 Å². The van der Waals surface area contributed by atoms with Crippen LogP contribution in [0, 0.1) is 0 Å². The van der Waals surface area contributed by atoms with Crippen LogP contribution in [0.3, 0.4) is 0 Å². The smallest absolute Gasteiger partial charge is 0.0138 e. The highest BCUT2D eigenvalue weighted by atomic mass is 15.0. The van der Waals surface area contributed by atoms with Crippen molar-refractivity contribution >= 4 is 0 Å². The standard InChI is InChI=1S/C14H24N2/c1-14(2,15)11-13-7-5-12(6-8-13)9-10-16(3)4/h5-8H,9-11,15H2,1-4H3. The van der Waals surface area contributed by atoms with Crippen molar-refractivity contribution in [2.75, 3.05) is 20.6 Å². The zero-order chi connectivity index (χ0) is 12.2. The third kappa shape index (κ3) is 5.29. The van der Waals surface area contributed by atoms with E-state index in [1.165, 1.54) is 11.1 Å². The minimum Gasteiger partial charge on any atom is -0.325 e. The van der Waals surface area contributed by atoms with Gasteiger partial charge in [0, 0.05) is 12.1 Å². The molecule has 2 N–H and O–H groups in total. The third-order valence-electron chi connectivity index (χ3n) is 2.53. The molecule has 0 spiro atoms. The lowest BCUT2D eigenvalue weighted by Gasteiger charge is -2.18. The molecule has 0 fully saturated rings. The van der Waals surface area contributed by atoms with E-state index in [0.717, 1.165) is 19.4 Å². The predicted molar refractivity (Wildman–Crippen MR) is 70.7 cm³/mol. The highest BCUT2D eigenvalue weighted by Crippen LogP contribution is 2.11. The molecule has 0 heterocycles. The van der Waals surface area contributed by atoms with Crippen molar-refractivity contribution in [2.45, 2.75) is 32.2 Å². The number of nitrogens with zero attached hydrogens (tertiary/aromatic N) is 1. The van der Waals surface area contributed by atoms with Gasteiger partial charge in [0.2, 0.25) is 0 Å². The normalized spacial score (nSPS) is 12.1. The average Bonchev–Trinajstić information content (AvgIpc) is 2.14. The zero-order valence-electron chi connectivity index (χ0n) is 11.0. The Kier molecular flexibility index (Phi) is 4.51. The third-order valence-corrected chi connectivity index (χ3v) is 2.53. The average molecular weight is 220 g/mol. The molecule has 1 aromatic rings. The van der Waals surface area contributed by atoms with Gasteiger partial charge in [0.15, 0.2) is 0 Å². The first-order valence-corrected chi connectivity index (χ1v) is 5.88. The molecule has 90 valence electrons. The summed E-state index contributed by atoms with van der Waals surface area (Å²) >= 11 is 0. The fraction of sp³-hybridized carbons (Fsp3) is 0.571. The maximum Gasteiger partial charge on any atom is 0.0138 e. The predicted octanol–water partition coefficient (Wildman–Crippen LogP) is 2.07. The largest absolute Gasteiger partial charge is 0.325 e. The fourth-order valence-electron chi connectivity index (χ4n) is 1.70. The first kappa shape index (κ1) is 13.2. The van der Waals surface area contributed by atoms with E-state index in [1.54, 1.807) is 0 Å². The summed E-state index contributed by atoms with van der Waals surface area (Å²) in [7, 11) is 4.20. The Bertz CT molecular complexity index is 307. The first-order valence-electron chi connectivity index (χ1n) is 5.88.